The summed E-state index contributed by atoms with van der Waals surface area (Å²) in [7, 11) is 1.58. The molecule has 0 radical (unpaired) electrons. The van der Waals surface area contributed by atoms with Crippen LogP contribution in [-0.2, 0) is 0 Å². The molecule has 6 nitrogen and oxygen atoms in total. The van der Waals surface area contributed by atoms with Gasteiger partial charge in [-0.3, -0.25) is 9.78 Å². The quantitative estimate of drug-likeness (QED) is 0.326. The number of benzene rings is 2. The highest BCUT2D eigenvalue weighted by Gasteiger charge is 2.23. The lowest BCUT2D eigenvalue weighted by Gasteiger charge is -2.14. The molecule has 0 saturated heterocycles. The predicted molar refractivity (Wildman–Crippen MR) is 128 cm³/mol. The van der Waals surface area contributed by atoms with Crippen LogP contribution >= 0.6 is 23.2 Å². The number of H-pyrrole nitrogens is 1. The summed E-state index contributed by atoms with van der Waals surface area (Å²) in [5.74, 6) is 1.07. The number of methoxy groups -OCH3 is 1. The number of fused-ring (bicyclic) bond motifs is 1. The van der Waals surface area contributed by atoms with Crippen LogP contribution < -0.4 is 10.1 Å². The number of rotatable bonds is 7. The zero-order chi connectivity index (χ0) is 22.7. The van der Waals surface area contributed by atoms with Crippen LogP contribution in [0.4, 0.5) is 5.69 Å². The van der Waals surface area contributed by atoms with Gasteiger partial charge in [0.15, 0.2) is 0 Å². The van der Waals surface area contributed by atoms with Gasteiger partial charge in [-0.15, -0.1) is 0 Å². The topological polar surface area (TPSA) is 79.9 Å². The molecule has 4 rings (SSSR count). The maximum absolute atomic E-state index is 13.2. The van der Waals surface area contributed by atoms with Crippen LogP contribution in [0.5, 0.6) is 5.75 Å². The normalized spacial score (nSPS) is 12.0. The Labute approximate surface area is 195 Å². The molecule has 0 fully saturated rings. The molecule has 0 bridgehead atoms. The molecule has 2 heterocycles. The van der Waals surface area contributed by atoms with E-state index in [9.17, 15) is 4.79 Å². The monoisotopic (exact) mass is 468 g/mol. The number of hydrogen-bond donors (Lipinski definition) is 2. The van der Waals surface area contributed by atoms with Gasteiger partial charge in [0, 0.05) is 18.3 Å². The van der Waals surface area contributed by atoms with Crippen LogP contribution in [0.1, 0.15) is 47.4 Å². The average molecular weight is 469 g/mol. The Morgan fingerprint density at radius 1 is 1.12 bits per heavy atom. The first-order valence-corrected chi connectivity index (χ1v) is 11.0. The summed E-state index contributed by atoms with van der Waals surface area (Å²) in [6.07, 6.45) is 4.75. The summed E-state index contributed by atoms with van der Waals surface area (Å²) in [6.45, 7) is 2.14. The zero-order valence-corrected chi connectivity index (χ0v) is 19.2. The van der Waals surface area contributed by atoms with Crippen LogP contribution in [0.2, 0.25) is 10.0 Å². The number of halogens is 2. The van der Waals surface area contributed by atoms with Gasteiger partial charge in [-0.1, -0.05) is 66.9 Å². The second-order valence-corrected chi connectivity index (χ2v) is 8.16. The van der Waals surface area contributed by atoms with Crippen molar-refractivity contribution in [3.05, 3.63) is 81.9 Å². The molecule has 0 aliphatic heterocycles. The number of amides is 1. The number of carbonyl (C=O) groups excluding carboxylic acids is 1. The van der Waals surface area contributed by atoms with Gasteiger partial charge < -0.3 is 15.0 Å². The van der Waals surface area contributed by atoms with Crippen LogP contribution in [-0.4, -0.2) is 28.0 Å². The molecule has 0 unspecified atom stereocenters. The molecule has 2 N–H and O–H groups in total. The van der Waals surface area contributed by atoms with Crippen molar-refractivity contribution in [2.75, 3.05) is 12.4 Å². The number of hydrogen-bond acceptors (Lipinski definition) is 4. The zero-order valence-electron chi connectivity index (χ0n) is 17.7. The Morgan fingerprint density at radius 2 is 1.84 bits per heavy atom. The lowest BCUT2D eigenvalue weighted by Crippen LogP contribution is -2.13. The summed E-state index contributed by atoms with van der Waals surface area (Å²) >= 11 is 12.3. The van der Waals surface area contributed by atoms with Crippen molar-refractivity contribution in [2.45, 2.75) is 25.7 Å². The number of aromatic nitrogens is 3. The molecular weight excluding hydrogens is 447 g/mol. The summed E-state index contributed by atoms with van der Waals surface area (Å²) in [6, 6.07) is 13.6. The van der Waals surface area contributed by atoms with E-state index in [1.54, 1.807) is 19.2 Å². The van der Waals surface area contributed by atoms with Gasteiger partial charge >= 0.3 is 0 Å². The van der Waals surface area contributed by atoms with Gasteiger partial charge in [-0.25, -0.2) is 4.98 Å². The second-order valence-electron chi connectivity index (χ2n) is 7.35. The number of nitrogens with zero attached hydrogens (tertiary/aromatic N) is 2. The maximum atomic E-state index is 13.2. The van der Waals surface area contributed by atoms with Crippen LogP contribution in [0.15, 0.2) is 54.9 Å². The first kappa shape index (κ1) is 22.1. The lowest BCUT2D eigenvalue weighted by atomic mass is 9.94. The van der Waals surface area contributed by atoms with E-state index in [-0.39, 0.29) is 21.9 Å². The molecule has 4 aromatic rings. The predicted octanol–water partition coefficient (Wildman–Crippen LogP) is 6.46. The highest BCUT2D eigenvalue weighted by atomic mass is 35.5. The van der Waals surface area contributed by atoms with E-state index in [2.05, 4.69) is 34.3 Å². The standard InChI is InChI=1S/C24H22Cl2N4O2/c1-3-7-15(14-8-5-4-6-9-14)23-28-20-16(10-11-19(32-2)22(20)29-23)24(31)30-21-17(25)12-27-13-18(21)26/h4-6,8-13,15H,3,7H2,1-2H3,(H,28,29)(H,27,30,31)/t15-/m0/s1. The Hall–Kier alpha value is -3.09. The van der Waals surface area contributed by atoms with Gasteiger partial charge in [0.05, 0.1) is 33.9 Å². The van der Waals surface area contributed by atoms with Crippen LogP contribution in [0, 0.1) is 0 Å². The Kier molecular flexibility index (Phi) is 6.63. The number of pyridine rings is 1. The minimum atomic E-state index is -0.366. The minimum Gasteiger partial charge on any atom is -0.494 e. The third kappa shape index (κ3) is 4.29. The first-order chi connectivity index (χ1) is 15.5. The van der Waals surface area contributed by atoms with E-state index < -0.39 is 0 Å². The van der Waals surface area contributed by atoms with E-state index in [4.69, 9.17) is 32.9 Å². The maximum Gasteiger partial charge on any atom is 0.257 e. The highest BCUT2D eigenvalue weighted by Crippen LogP contribution is 2.34. The smallest absolute Gasteiger partial charge is 0.257 e. The summed E-state index contributed by atoms with van der Waals surface area (Å²) in [4.78, 5) is 25.3. The van der Waals surface area contributed by atoms with Gasteiger partial charge in [-0.05, 0) is 24.1 Å². The van der Waals surface area contributed by atoms with Gasteiger partial charge in [0.1, 0.15) is 17.1 Å². The number of nitrogens with one attached hydrogen (secondary N) is 2. The lowest BCUT2D eigenvalue weighted by molar-refractivity contribution is 0.102. The first-order valence-electron chi connectivity index (χ1n) is 10.2. The highest BCUT2D eigenvalue weighted by molar-refractivity contribution is 6.39. The number of aromatic amines is 1. The van der Waals surface area contributed by atoms with E-state index in [1.165, 1.54) is 12.4 Å². The van der Waals surface area contributed by atoms with Crippen molar-refractivity contribution in [1.82, 2.24) is 15.0 Å². The summed E-state index contributed by atoms with van der Waals surface area (Å²) in [5.41, 5.74) is 3.07. The molecule has 0 aliphatic rings. The van der Waals surface area contributed by atoms with Crippen LogP contribution in [0.25, 0.3) is 11.0 Å². The Morgan fingerprint density at radius 3 is 2.50 bits per heavy atom. The fourth-order valence-corrected chi connectivity index (χ4v) is 4.21. The number of carbonyl (C=O) groups is 1. The fraction of sp³-hybridized carbons (Fsp3) is 0.208. The van der Waals surface area contributed by atoms with E-state index >= 15 is 0 Å². The third-order valence-electron chi connectivity index (χ3n) is 5.29. The fourth-order valence-electron chi connectivity index (χ4n) is 3.75. The van der Waals surface area contributed by atoms with E-state index in [0.717, 1.165) is 24.2 Å². The molecule has 8 heteroatoms. The van der Waals surface area contributed by atoms with Crippen molar-refractivity contribution in [1.29, 1.82) is 0 Å². The van der Waals surface area contributed by atoms with Gasteiger partial charge in [-0.2, -0.15) is 0 Å². The van der Waals surface area contributed by atoms with Crippen molar-refractivity contribution < 1.29 is 9.53 Å². The second kappa shape index (κ2) is 9.59. The SMILES string of the molecule is CCC[C@@H](c1ccccc1)c1nc2c(OC)ccc(C(=O)Nc3c(Cl)cncc3Cl)c2[nH]1. The molecule has 164 valence electrons. The molecular formula is C24H22Cl2N4O2. The molecule has 0 aliphatic carbocycles. The van der Waals surface area contributed by atoms with Crippen molar-refractivity contribution in [3.8, 4) is 5.75 Å². The summed E-state index contributed by atoms with van der Waals surface area (Å²) < 4.78 is 5.51. The molecule has 32 heavy (non-hydrogen) atoms. The molecule has 1 amide bonds. The van der Waals surface area contributed by atoms with E-state index in [0.29, 0.717) is 28.0 Å². The number of imidazole rings is 1. The minimum absolute atomic E-state index is 0.0679. The molecule has 2 aromatic heterocycles. The number of anilines is 1. The Bertz CT molecular complexity index is 1240. The Balaban J connectivity index is 1.79. The van der Waals surface area contributed by atoms with Crippen molar-refractivity contribution in [3.63, 3.8) is 0 Å². The molecule has 0 spiro atoms. The number of ether oxygens (including phenoxy) is 1. The summed E-state index contributed by atoms with van der Waals surface area (Å²) in [5, 5.41) is 3.30. The van der Waals surface area contributed by atoms with Gasteiger partial charge in [0.25, 0.3) is 5.91 Å². The average Bonchev–Trinajstić information content (AvgIpc) is 3.24. The third-order valence-corrected chi connectivity index (χ3v) is 5.87. The molecule has 1 atom stereocenters. The van der Waals surface area contributed by atoms with Crippen LogP contribution in [0.3, 0.4) is 0 Å². The van der Waals surface area contributed by atoms with E-state index in [1.807, 2.05) is 18.2 Å². The molecule has 2 aromatic carbocycles. The molecule has 0 saturated carbocycles. The largest absolute Gasteiger partial charge is 0.494 e. The van der Waals surface area contributed by atoms with Crippen molar-refractivity contribution in [2.24, 2.45) is 0 Å². The van der Waals surface area contributed by atoms with Crippen molar-refractivity contribution >= 4 is 45.8 Å². The van der Waals surface area contributed by atoms with Gasteiger partial charge in [0.2, 0.25) is 0 Å².